The summed E-state index contributed by atoms with van der Waals surface area (Å²) in [5.74, 6) is 2.46. The highest BCUT2D eigenvalue weighted by Gasteiger charge is 2.29. The predicted octanol–water partition coefficient (Wildman–Crippen LogP) is 4.50. The highest BCUT2D eigenvalue weighted by atomic mass is 127. The molecule has 2 aliphatic rings. The Labute approximate surface area is 213 Å². The third-order valence-electron chi connectivity index (χ3n) is 6.31. The summed E-state index contributed by atoms with van der Waals surface area (Å²) in [5, 5.41) is 3.71. The minimum Gasteiger partial charge on any atom is -0.469 e. The lowest BCUT2D eigenvalue weighted by Gasteiger charge is -2.34. The Morgan fingerprint density at radius 2 is 1.85 bits per heavy atom. The van der Waals surface area contributed by atoms with E-state index in [0.29, 0.717) is 38.2 Å². The van der Waals surface area contributed by atoms with Crippen LogP contribution < -0.4 is 5.32 Å². The van der Waals surface area contributed by atoms with E-state index in [4.69, 9.17) is 14.1 Å². The number of rotatable bonds is 6. The number of benzene rings is 1. The van der Waals surface area contributed by atoms with Crippen molar-refractivity contribution in [1.82, 2.24) is 15.1 Å². The van der Waals surface area contributed by atoms with Gasteiger partial charge in [0.25, 0.3) is 0 Å². The van der Waals surface area contributed by atoms with E-state index in [1.807, 2.05) is 19.1 Å². The van der Waals surface area contributed by atoms with Crippen LogP contribution in [0.15, 0.2) is 58.1 Å². The van der Waals surface area contributed by atoms with Crippen LogP contribution in [0.3, 0.4) is 0 Å². The van der Waals surface area contributed by atoms with E-state index < -0.39 is 0 Å². The topological polar surface area (TPSA) is 70.3 Å². The van der Waals surface area contributed by atoms with Crippen molar-refractivity contribution in [3.8, 4) is 0 Å². The zero-order valence-electron chi connectivity index (χ0n) is 19.3. The van der Waals surface area contributed by atoms with Crippen molar-refractivity contribution in [2.45, 2.75) is 44.6 Å². The first-order valence-electron chi connectivity index (χ1n) is 11.8. The third kappa shape index (κ3) is 7.12. The molecule has 0 aliphatic carbocycles. The number of nitrogens with zero attached hydrogens (tertiary/aromatic N) is 3. The van der Waals surface area contributed by atoms with E-state index in [-0.39, 0.29) is 30.1 Å². The average Bonchev–Trinajstić information content (AvgIpc) is 3.52. The average molecular weight is 566 g/mol. The van der Waals surface area contributed by atoms with Gasteiger partial charge in [0, 0.05) is 51.1 Å². The van der Waals surface area contributed by atoms with Crippen LogP contribution in [0.4, 0.5) is 4.79 Å². The van der Waals surface area contributed by atoms with Gasteiger partial charge in [0.1, 0.15) is 5.76 Å². The molecule has 180 valence electrons. The molecule has 2 saturated heterocycles. The van der Waals surface area contributed by atoms with Crippen molar-refractivity contribution in [3.63, 3.8) is 0 Å². The molecule has 2 fully saturated rings. The zero-order chi connectivity index (χ0) is 22.2. The third-order valence-corrected chi connectivity index (χ3v) is 6.31. The smallest absolute Gasteiger partial charge is 0.409 e. The fourth-order valence-corrected chi connectivity index (χ4v) is 4.52. The summed E-state index contributed by atoms with van der Waals surface area (Å²) >= 11 is 0. The number of likely N-dealkylation sites (tertiary alicyclic amines) is 2. The Kier molecular flexibility index (Phi) is 9.90. The second-order valence-electron chi connectivity index (χ2n) is 8.48. The highest BCUT2D eigenvalue weighted by molar-refractivity contribution is 14.0. The van der Waals surface area contributed by atoms with Crippen LogP contribution in [-0.2, 0) is 11.2 Å². The summed E-state index contributed by atoms with van der Waals surface area (Å²) in [4.78, 5) is 21.1. The number of ether oxygens (including phenoxy) is 1. The molecule has 1 amide bonds. The van der Waals surface area contributed by atoms with Crippen molar-refractivity contribution >= 4 is 36.0 Å². The minimum atomic E-state index is -0.205. The van der Waals surface area contributed by atoms with Gasteiger partial charge in [-0.25, -0.2) is 4.79 Å². The van der Waals surface area contributed by atoms with Crippen LogP contribution >= 0.6 is 24.0 Å². The number of guanidine groups is 1. The molecule has 0 radical (unpaired) electrons. The van der Waals surface area contributed by atoms with Crippen LogP contribution in [0.25, 0.3) is 0 Å². The monoisotopic (exact) mass is 566 g/mol. The molecule has 1 N–H and O–H groups in total. The SMILES string of the molecule is CCOC(=O)N1CCC(NC(=NCCc2ccco2)N2CCC(c3ccccc3)C2)CC1.I. The first-order valence-corrected chi connectivity index (χ1v) is 11.8. The Balaban J connectivity index is 0.00000306. The largest absolute Gasteiger partial charge is 0.469 e. The van der Waals surface area contributed by atoms with E-state index in [1.54, 1.807) is 11.2 Å². The molecule has 1 aromatic carbocycles. The maximum Gasteiger partial charge on any atom is 0.409 e. The van der Waals surface area contributed by atoms with E-state index in [9.17, 15) is 4.79 Å². The Morgan fingerprint density at radius 3 is 2.55 bits per heavy atom. The Bertz CT molecular complexity index is 867. The number of furan rings is 1. The number of carbonyl (C=O) groups is 1. The fourth-order valence-electron chi connectivity index (χ4n) is 4.52. The van der Waals surface area contributed by atoms with E-state index in [2.05, 4.69) is 40.5 Å². The van der Waals surface area contributed by atoms with Crippen molar-refractivity contribution in [3.05, 3.63) is 60.1 Å². The molecule has 0 bridgehead atoms. The molecule has 2 aliphatic heterocycles. The number of piperidine rings is 1. The lowest BCUT2D eigenvalue weighted by atomic mass is 9.99. The number of hydrogen-bond acceptors (Lipinski definition) is 4. The molecule has 4 rings (SSSR count). The zero-order valence-corrected chi connectivity index (χ0v) is 21.6. The van der Waals surface area contributed by atoms with Crippen molar-refractivity contribution in [2.75, 3.05) is 39.3 Å². The van der Waals surface area contributed by atoms with Crippen molar-refractivity contribution < 1.29 is 13.9 Å². The molecular formula is C25H35IN4O3. The molecule has 0 spiro atoms. The molecule has 1 atom stereocenters. The van der Waals surface area contributed by atoms with Gasteiger partial charge in [-0.05, 0) is 43.9 Å². The van der Waals surface area contributed by atoms with Gasteiger partial charge in [-0.2, -0.15) is 0 Å². The number of hydrogen-bond donors (Lipinski definition) is 1. The number of nitrogens with one attached hydrogen (secondary N) is 1. The Hall–Kier alpha value is -2.23. The van der Waals surface area contributed by atoms with Gasteiger partial charge in [0.05, 0.1) is 12.9 Å². The molecule has 1 aromatic heterocycles. The number of aliphatic imine (C=N–C) groups is 1. The summed E-state index contributed by atoms with van der Waals surface area (Å²) < 4.78 is 10.6. The summed E-state index contributed by atoms with van der Waals surface area (Å²) in [6.45, 7) is 6.33. The van der Waals surface area contributed by atoms with E-state index >= 15 is 0 Å². The summed E-state index contributed by atoms with van der Waals surface area (Å²) in [6, 6.07) is 15.0. The molecule has 7 nitrogen and oxygen atoms in total. The molecular weight excluding hydrogens is 531 g/mol. The molecule has 33 heavy (non-hydrogen) atoms. The summed E-state index contributed by atoms with van der Waals surface area (Å²) in [6.07, 6.45) is 5.21. The maximum absolute atomic E-state index is 12.0. The second kappa shape index (κ2) is 12.9. The summed E-state index contributed by atoms with van der Waals surface area (Å²) in [5.41, 5.74) is 1.40. The number of halogens is 1. The first kappa shape index (κ1) is 25.4. The van der Waals surface area contributed by atoms with Gasteiger partial charge in [-0.15, -0.1) is 24.0 Å². The van der Waals surface area contributed by atoms with Gasteiger partial charge in [-0.3, -0.25) is 4.99 Å². The van der Waals surface area contributed by atoms with E-state index in [1.165, 1.54) is 5.56 Å². The van der Waals surface area contributed by atoms with Crippen LogP contribution in [0.5, 0.6) is 0 Å². The molecule has 2 aromatic rings. The predicted molar refractivity (Wildman–Crippen MR) is 140 cm³/mol. The van der Waals surface area contributed by atoms with E-state index in [0.717, 1.165) is 50.5 Å². The normalized spacial score (nSPS) is 19.3. The van der Waals surface area contributed by atoms with Crippen molar-refractivity contribution in [1.29, 1.82) is 0 Å². The molecule has 0 saturated carbocycles. The van der Waals surface area contributed by atoms with Gasteiger partial charge in [0.2, 0.25) is 0 Å². The van der Waals surface area contributed by atoms with Crippen LogP contribution in [-0.4, -0.2) is 67.2 Å². The second-order valence-corrected chi connectivity index (χ2v) is 8.48. The minimum absolute atomic E-state index is 0. The van der Waals surface area contributed by atoms with Crippen LogP contribution in [0.1, 0.15) is 43.4 Å². The van der Waals surface area contributed by atoms with Crippen LogP contribution in [0.2, 0.25) is 0 Å². The van der Waals surface area contributed by atoms with Gasteiger partial charge in [0.15, 0.2) is 5.96 Å². The number of carbonyl (C=O) groups excluding carboxylic acids is 1. The standard InChI is InChI=1S/C25H34N4O3.HI/c1-2-31-25(30)28-16-12-22(13-17-28)27-24(26-14-10-23-9-6-18-32-23)29-15-11-21(19-29)20-7-4-3-5-8-20;/h3-9,18,21-22H,2,10-17,19H2,1H3,(H,26,27);1H. The fraction of sp³-hybridized carbons (Fsp3) is 0.520. The Morgan fingerprint density at radius 1 is 1.09 bits per heavy atom. The van der Waals surface area contributed by atoms with Gasteiger partial charge >= 0.3 is 6.09 Å². The molecule has 3 heterocycles. The van der Waals surface area contributed by atoms with Crippen LogP contribution in [0, 0.1) is 0 Å². The maximum atomic E-state index is 12.0. The lowest BCUT2D eigenvalue weighted by Crippen LogP contribution is -2.50. The van der Waals surface area contributed by atoms with Gasteiger partial charge < -0.3 is 24.3 Å². The lowest BCUT2D eigenvalue weighted by molar-refractivity contribution is 0.0961. The quantitative estimate of drug-likeness (QED) is 0.317. The van der Waals surface area contributed by atoms with Crippen molar-refractivity contribution in [2.24, 2.45) is 4.99 Å². The molecule has 1 unspecified atom stereocenters. The van der Waals surface area contributed by atoms with Gasteiger partial charge in [-0.1, -0.05) is 30.3 Å². The highest BCUT2D eigenvalue weighted by Crippen LogP contribution is 2.27. The summed E-state index contributed by atoms with van der Waals surface area (Å²) in [7, 11) is 0. The number of amides is 1. The first-order chi connectivity index (χ1) is 15.7. The molecule has 8 heteroatoms.